The van der Waals surface area contributed by atoms with Crippen LogP contribution in [0.25, 0.3) is 0 Å². The molecule has 0 aromatic heterocycles. The second-order valence-electron chi connectivity index (χ2n) is 4.49. The molecule has 0 aliphatic carbocycles. The minimum Gasteiger partial charge on any atom is -0.317 e. The fourth-order valence-electron chi connectivity index (χ4n) is 1.73. The molecule has 1 aromatic carbocycles. The highest BCUT2D eigenvalue weighted by atomic mass is 35.5. The van der Waals surface area contributed by atoms with E-state index in [9.17, 15) is 4.39 Å². The molecule has 1 atom stereocenters. The average Bonchev–Trinajstić information content (AvgIpc) is 2.29. The Bertz CT molecular complexity index is 355. The Morgan fingerprint density at radius 2 is 2.12 bits per heavy atom. The minimum absolute atomic E-state index is 0.248. The number of likely N-dealkylation sites (N-methyl/N-ethyl adjacent to an activating group) is 1. The Labute approximate surface area is 108 Å². The Morgan fingerprint density at radius 1 is 1.41 bits per heavy atom. The summed E-state index contributed by atoms with van der Waals surface area (Å²) in [5.74, 6) is -0.341. The molecular formula is C13H20ClFN2. The highest BCUT2D eigenvalue weighted by molar-refractivity contribution is 6.31. The molecule has 0 fully saturated rings. The topological polar surface area (TPSA) is 15.3 Å². The first-order valence-electron chi connectivity index (χ1n) is 5.79. The highest BCUT2D eigenvalue weighted by Gasteiger charge is 2.12. The third kappa shape index (κ3) is 4.62. The van der Waals surface area contributed by atoms with Crippen LogP contribution in [0.4, 0.5) is 4.39 Å². The fourth-order valence-corrected chi connectivity index (χ4v) is 1.94. The maximum atomic E-state index is 13.3. The molecule has 17 heavy (non-hydrogen) atoms. The number of hydrogen-bond acceptors (Lipinski definition) is 2. The third-order valence-electron chi connectivity index (χ3n) is 2.83. The Hall–Kier alpha value is -0.640. The first-order valence-corrected chi connectivity index (χ1v) is 6.17. The zero-order chi connectivity index (χ0) is 12.8. The summed E-state index contributed by atoms with van der Waals surface area (Å²) in [6, 6.07) is 5.29. The summed E-state index contributed by atoms with van der Waals surface area (Å²) in [6.07, 6.45) is 1.76. The smallest absolute Gasteiger partial charge is 0.142 e. The molecule has 0 saturated carbocycles. The van der Waals surface area contributed by atoms with Gasteiger partial charge in [-0.15, -0.1) is 0 Å². The monoisotopic (exact) mass is 258 g/mol. The summed E-state index contributed by atoms with van der Waals surface area (Å²) in [7, 11) is 6.01. The van der Waals surface area contributed by atoms with Crippen molar-refractivity contribution in [2.45, 2.75) is 18.9 Å². The molecule has 1 unspecified atom stereocenters. The summed E-state index contributed by atoms with van der Waals surface area (Å²) in [5.41, 5.74) is 0.866. The molecule has 1 rings (SSSR count). The van der Waals surface area contributed by atoms with Crippen LogP contribution in [0.2, 0.25) is 5.02 Å². The van der Waals surface area contributed by atoms with Crippen molar-refractivity contribution < 1.29 is 4.39 Å². The molecule has 1 aromatic rings. The normalized spacial score (nSPS) is 13.1. The van der Waals surface area contributed by atoms with Gasteiger partial charge in [0.05, 0.1) is 5.02 Å². The van der Waals surface area contributed by atoms with E-state index in [1.54, 1.807) is 6.07 Å². The molecule has 0 bridgehead atoms. The van der Waals surface area contributed by atoms with E-state index in [2.05, 4.69) is 10.2 Å². The summed E-state index contributed by atoms with van der Waals surface area (Å²) in [4.78, 5) is 2.14. The number of nitrogens with one attached hydrogen (secondary N) is 1. The molecule has 0 heterocycles. The molecule has 96 valence electrons. The van der Waals surface area contributed by atoms with E-state index < -0.39 is 0 Å². The van der Waals surface area contributed by atoms with Crippen molar-refractivity contribution in [2.75, 3.05) is 27.7 Å². The van der Waals surface area contributed by atoms with Crippen LogP contribution in [-0.2, 0) is 6.42 Å². The largest absolute Gasteiger partial charge is 0.317 e. The van der Waals surface area contributed by atoms with Crippen LogP contribution in [-0.4, -0.2) is 38.6 Å². The van der Waals surface area contributed by atoms with Gasteiger partial charge in [0.25, 0.3) is 0 Å². The number of nitrogens with zero attached hydrogens (tertiary/aromatic N) is 1. The predicted molar refractivity (Wildman–Crippen MR) is 71.1 cm³/mol. The molecule has 4 heteroatoms. The Kier molecular flexibility index (Phi) is 5.89. The van der Waals surface area contributed by atoms with Gasteiger partial charge in [-0.05, 0) is 52.2 Å². The highest BCUT2D eigenvalue weighted by Crippen LogP contribution is 2.21. The average molecular weight is 259 g/mol. The van der Waals surface area contributed by atoms with Gasteiger partial charge in [0, 0.05) is 6.04 Å². The Balaban J connectivity index is 2.64. The van der Waals surface area contributed by atoms with Gasteiger partial charge in [-0.2, -0.15) is 0 Å². The SMILES string of the molecule is CNC(CCN(C)C)Cc1cccc(F)c1Cl. The van der Waals surface area contributed by atoms with Gasteiger partial charge in [-0.1, -0.05) is 23.7 Å². The fraction of sp³-hybridized carbons (Fsp3) is 0.538. The standard InChI is InChI=1S/C13H20ClFN2/c1-16-11(7-8-17(2)3)9-10-5-4-6-12(15)13(10)14/h4-6,11,16H,7-9H2,1-3H3. The van der Waals surface area contributed by atoms with Gasteiger partial charge < -0.3 is 10.2 Å². The number of rotatable bonds is 6. The quantitative estimate of drug-likeness (QED) is 0.844. The minimum atomic E-state index is -0.341. The maximum absolute atomic E-state index is 13.3. The van der Waals surface area contributed by atoms with Gasteiger partial charge in [0.1, 0.15) is 5.82 Å². The van der Waals surface area contributed by atoms with Crippen molar-refractivity contribution in [1.82, 2.24) is 10.2 Å². The van der Waals surface area contributed by atoms with E-state index in [0.717, 1.165) is 24.9 Å². The van der Waals surface area contributed by atoms with Crippen molar-refractivity contribution in [2.24, 2.45) is 0 Å². The lowest BCUT2D eigenvalue weighted by atomic mass is 10.0. The molecule has 0 amide bonds. The lowest BCUT2D eigenvalue weighted by Crippen LogP contribution is -2.31. The van der Waals surface area contributed by atoms with Crippen molar-refractivity contribution >= 4 is 11.6 Å². The van der Waals surface area contributed by atoms with Crippen LogP contribution in [0.1, 0.15) is 12.0 Å². The molecule has 0 radical (unpaired) electrons. The van der Waals surface area contributed by atoms with Gasteiger partial charge in [-0.3, -0.25) is 0 Å². The first kappa shape index (κ1) is 14.4. The van der Waals surface area contributed by atoms with Gasteiger partial charge in [0.15, 0.2) is 0 Å². The number of benzene rings is 1. The first-order chi connectivity index (χ1) is 8.04. The molecular weight excluding hydrogens is 239 g/mol. The van der Waals surface area contributed by atoms with Crippen LogP contribution in [0, 0.1) is 5.82 Å². The van der Waals surface area contributed by atoms with E-state index in [0.29, 0.717) is 6.04 Å². The second kappa shape index (κ2) is 6.94. The molecule has 0 aliphatic heterocycles. The molecule has 0 spiro atoms. The van der Waals surface area contributed by atoms with Crippen molar-refractivity contribution in [3.05, 3.63) is 34.6 Å². The van der Waals surface area contributed by atoms with Crippen molar-refractivity contribution in [3.8, 4) is 0 Å². The predicted octanol–water partition coefficient (Wildman–Crippen LogP) is 2.56. The molecule has 1 N–H and O–H groups in total. The van der Waals surface area contributed by atoms with Crippen LogP contribution < -0.4 is 5.32 Å². The zero-order valence-electron chi connectivity index (χ0n) is 10.6. The van der Waals surface area contributed by atoms with Gasteiger partial charge >= 0.3 is 0 Å². The van der Waals surface area contributed by atoms with Crippen LogP contribution in [0.15, 0.2) is 18.2 Å². The van der Waals surface area contributed by atoms with E-state index in [-0.39, 0.29) is 10.8 Å². The van der Waals surface area contributed by atoms with E-state index in [4.69, 9.17) is 11.6 Å². The lowest BCUT2D eigenvalue weighted by molar-refractivity contribution is 0.364. The lowest BCUT2D eigenvalue weighted by Gasteiger charge is -2.19. The van der Waals surface area contributed by atoms with Crippen LogP contribution in [0.5, 0.6) is 0 Å². The summed E-state index contributed by atoms with van der Waals surface area (Å²) in [6.45, 7) is 0.998. The number of halogens is 2. The van der Waals surface area contributed by atoms with E-state index in [1.165, 1.54) is 6.07 Å². The maximum Gasteiger partial charge on any atom is 0.142 e. The van der Waals surface area contributed by atoms with Crippen LogP contribution in [0.3, 0.4) is 0 Å². The van der Waals surface area contributed by atoms with Crippen molar-refractivity contribution in [3.63, 3.8) is 0 Å². The summed E-state index contributed by atoms with van der Waals surface area (Å²) < 4.78 is 13.3. The second-order valence-corrected chi connectivity index (χ2v) is 4.87. The zero-order valence-corrected chi connectivity index (χ0v) is 11.4. The summed E-state index contributed by atoms with van der Waals surface area (Å²) in [5, 5.41) is 3.49. The van der Waals surface area contributed by atoms with Crippen molar-refractivity contribution in [1.29, 1.82) is 0 Å². The number of hydrogen-bond donors (Lipinski definition) is 1. The van der Waals surface area contributed by atoms with E-state index >= 15 is 0 Å². The molecule has 0 saturated heterocycles. The van der Waals surface area contributed by atoms with Crippen LogP contribution >= 0.6 is 11.6 Å². The van der Waals surface area contributed by atoms with Gasteiger partial charge in [0.2, 0.25) is 0 Å². The van der Waals surface area contributed by atoms with Gasteiger partial charge in [-0.25, -0.2) is 4.39 Å². The molecule has 2 nitrogen and oxygen atoms in total. The molecule has 0 aliphatic rings. The summed E-state index contributed by atoms with van der Waals surface area (Å²) >= 11 is 5.94. The Morgan fingerprint density at radius 3 is 2.71 bits per heavy atom. The third-order valence-corrected chi connectivity index (χ3v) is 3.25. The van der Waals surface area contributed by atoms with E-state index in [1.807, 2.05) is 27.2 Å².